The van der Waals surface area contributed by atoms with Crippen LogP contribution in [0.5, 0.6) is 0 Å². The summed E-state index contributed by atoms with van der Waals surface area (Å²) in [5.41, 5.74) is -0.0913. The number of aliphatic hydroxyl groups is 1. The van der Waals surface area contributed by atoms with Crippen molar-refractivity contribution in [3.05, 3.63) is 35.4 Å². The number of rotatable bonds is 6. The highest BCUT2D eigenvalue weighted by atomic mass is 19.1. The van der Waals surface area contributed by atoms with Crippen LogP contribution in [-0.4, -0.2) is 43.1 Å². The third kappa shape index (κ3) is 4.92. The Morgan fingerprint density at radius 3 is 2.74 bits per heavy atom. The van der Waals surface area contributed by atoms with E-state index >= 15 is 0 Å². The molecule has 19 heavy (non-hydrogen) atoms. The van der Waals surface area contributed by atoms with Crippen LogP contribution in [0.2, 0.25) is 0 Å². The second kappa shape index (κ2) is 7.16. The van der Waals surface area contributed by atoms with Gasteiger partial charge in [-0.3, -0.25) is 4.79 Å². The molecule has 0 aliphatic heterocycles. The van der Waals surface area contributed by atoms with Crippen LogP contribution < -0.4 is 5.32 Å². The lowest BCUT2D eigenvalue weighted by Crippen LogP contribution is -2.29. The van der Waals surface area contributed by atoms with Gasteiger partial charge in [0, 0.05) is 39.2 Å². The summed E-state index contributed by atoms with van der Waals surface area (Å²) in [6, 6.07) is 2.94. The zero-order chi connectivity index (χ0) is 14.4. The summed E-state index contributed by atoms with van der Waals surface area (Å²) in [5.74, 6) is -1.29. The molecule has 0 aliphatic rings. The van der Waals surface area contributed by atoms with Crippen molar-refractivity contribution in [2.75, 3.05) is 27.2 Å². The number of aliphatic hydroxyl groups excluding tert-OH is 1. The van der Waals surface area contributed by atoms with Crippen LogP contribution in [0.3, 0.4) is 0 Å². The Bertz CT molecular complexity index is 439. The molecule has 0 aromatic heterocycles. The molecule has 0 radical (unpaired) electrons. The van der Waals surface area contributed by atoms with Crippen molar-refractivity contribution >= 4 is 5.91 Å². The standard InChI is InChI=1S/C13H18F2N2O2/c1-17(2)13(19)5-6-16-8-12(18)10-7-9(14)3-4-11(10)15/h3-4,7,12,16,18H,5-6,8H2,1-2H3. The van der Waals surface area contributed by atoms with Gasteiger partial charge >= 0.3 is 0 Å². The van der Waals surface area contributed by atoms with Gasteiger partial charge in [-0.2, -0.15) is 0 Å². The monoisotopic (exact) mass is 272 g/mol. The molecular formula is C13H18F2N2O2. The van der Waals surface area contributed by atoms with Gasteiger partial charge in [-0.1, -0.05) is 0 Å². The number of hydrogen-bond acceptors (Lipinski definition) is 3. The average molecular weight is 272 g/mol. The maximum atomic E-state index is 13.3. The summed E-state index contributed by atoms with van der Waals surface area (Å²) >= 11 is 0. The van der Waals surface area contributed by atoms with Gasteiger partial charge in [0.25, 0.3) is 0 Å². The van der Waals surface area contributed by atoms with Crippen LogP contribution in [0.4, 0.5) is 8.78 Å². The molecule has 6 heteroatoms. The number of halogens is 2. The van der Waals surface area contributed by atoms with Gasteiger partial charge in [0.15, 0.2) is 0 Å². The minimum atomic E-state index is -1.15. The first-order valence-corrected chi connectivity index (χ1v) is 5.95. The lowest BCUT2D eigenvalue weighted by atomic mass is 10.1. The molecular weight excluding hydrogens is 254 g/mol. The molecule has 2 N–H and O–H groups in total. The number of nitrogens with one attached hydrogen (secondary N) is 1. The topological polar surface area (TPSA) is 52.6 Å². The minimum absolute atomic E-state index is 0.0427. The molecule has 0 fully saturated rings. The van der Waals surface area contributed by atoms with Crippen molar-refractivity contribution in [3.8, 4) is 0 Å². The van der Waals surface area contributed by atoms with E-state index in [1.165, 1.54) is 4.90 Å². The van der Waals surface area contributed by atoms with E-state index in [1.807, 2.05) is 0 Å². The molecule has 1 aromatic carbocycles. The number of hydrogen-bond donors (Lipinski definition) is 2. The fourth-order valence-electron chi connectivity index (χ4n) is 1.54. The van der Waals surface area contributed by atoms with E-state index in [2.05, 4.69) is 5.32 Å². The maximum absolute atomic E-state index is 13.3. The summed E-state index contributed by atoms with van der Waals surface area (Å²) in [6.07, 6.45) is -0.865. The smallest absolute Gasteiger partial charge is 0.223 e. The van der Waals surface area contributed by atoms with Gasteiger partial charge in [-0.15, -0.1) is 0 Å². The van der Waals surface area contributed by atoms with E-state index in [-0.39, 0.29) is 24.4 Å². The average Bonchev–Trinajstić information content (AvgIpc) is 2.36. The van der Waals surface area contributed by atoms with Crippen molar-refractivity contribution in [2.24, 2.45) is 0 Å². The van der Waals surface area contributed by atoms with Gasteiger partial charge in [0.05, 0.1) is 6.10 Å². The van der Waals surface area contributed by atoms with E-state index < -0.39 is 17.7 Å². The minimum Gasteiger partial charge on any atom is -0.387 e. The van der Waals surface area contributed by atoms with Crippen LogP contribution in [-0.2, 0) is 4.79 Å². The molecule has 0 aliphatic carbocycles. The first kappa shape index (κ1) is 15.5. The van der Waals surface area contributed by atoms with Crippen molar-refractivity contribution in [3.63, 3.8) is 0 Å². The summed E-state index contributed by atoms with van der Waals surface area (Å²) in [6.45, 7) is 0.423. The first-order valence-electron chi connectivity index (χ1n) is 5.95. The van der Waals surface area contributed by atoms with Gasteiger partial charge in [-0.05, 0) is 18.2 Å². The lowest BCUT2D eigenvalue weighted by Gasteiger charge is -2.14. The highest BCUT2D eigenvalue weighted by Gasteiger charge is 2.13. The quantitative estimate of drug-likeness (QED) is 0.762. The van der Waals surface area contributed by atoms with Crippen molar-refractivity contribution < 1.29 is 18.7 Å². The van der Waals surface area contributed by atoms with Crippen molar-refractivity contribution in [1.82, 2.24) is 10.2 Å². The van der Waals surface area contributed by atoms with Gasteiger partial charge in [0.2, 0.25) is 5.91 Å². The molecule has 0 bridgehead atoms. The molecule has 106 valence electrons. The molecule has 4 nitrogen and oxygen atoms in total. The predicted octanol–water partition coefficient (Wildman–Crippen LogP) is 1.07. The molecule has 0 heterocycles. The molecule has 1 unspecified atom stereocenters. The number of benzene rings is 1. The normalized spacial score (nSPS) is 12.3. The fourth-order valence-corrected chi connectivity index (χ4v) is 1.54. The molecule has 0 spiro atoms. The number of nitrogens with zero attached hydrogens (tertiary/aromatic N) is 1. The van der Waals surface area contributed by atoms with Crippen LogP contribution in [0.1, 0.15) is 18.1 Å². The van der Waals surface area contributed by atoms with Crippen molar-refractivity contribution in [2.45, 2.75) is 12.5 Å². The molecule has 1 atom stereocenters. The Balaban J connectivity index is 2.41. The molecule has 1 aromatic rings. The number of carbonyl (C=O) groups is 1. The Labute approximate surface area is 111 Å². The lowest BCUT2D eigenvalue weighted by molar-refractivity contribution is -0.128. The summed E-state index contributed by atoms with van der Waals surface area (Å²) in [5, 5.41) is 12.6. The highest BCUT2D eigenvalue weighted by Crippen LogP contribution is 2.17. The number of carbonyl (C=O) groups excluding carboxylic acids is 1. The molecule has 1 rings (SSSR count). The Morgan fingerprint density at radius 2 is 2.11 bits per heavy atom. The third-order valence-electron chi connectivity index (χ3n) is 2.67. The summed E-state index contributed by atoms with van der Waals surface area (Å²) in [4.78, 5) is 12.7. The SMILES string of the molecule is CN(C)C(=O)CCNCC(O)c1cc(F)ccc1F. The second-order valence-corrected chi connectivity index (χ2v) is 4.42. The van der Waals surface area contributed by atoms with E-state index in [4.69, 9.17) is 0 Å². The van der Waals surface area contributed by atoms with Gasteiger partial charge < -0.3 is 15.3 Å². The van der Waals surface area contributed by atoms with Crippen LogP contribution in [0.15, 0.2) is 18.2 Å². The molecule has 0 saturated carbocycles. The van der Waals surface area contributed by atoms with E-state index in [1.54, 1.807) is 14.1 Å². The Kier molecular flexibility index (Phi) is 5.85. The van der Waals surface area contributed by atoms with Crippen LogP contribution >= 0.6 is 0 Å². The Hall–Kier alpha value is -1.53. The predicted molar refractivity (Wildman–Crippen MR) is 67.5 cm³/mol. The summed E-state index contributed by atoms with van der Waals surface area (Å²) < 4.78 is 26.3. The summed E-state index contributed by atoms with van der Waals surface area (Å²) in [7, 11) is 3.30. The van der Waals surface area contributed by atoms with E-state index in [0.717, 1.165) is 18.2 Å². The molecule has 1 amide bonds. The number of amides is 1. The van der Waals surface area contributed by atoms with Crippen LogP contribution in [0, 0.1) is 11.6 Å². The first-order chi connectivity index (χ1) is 8.91. The Morgan fingerprint density at radius 1 is 1.42 bits per heavy atom. The fraction of sp³-hybridized carbons (Fsp3) is 0.462. The molecule has 0 saturated heterocycles. The highest BCUT2D eigenvalue weighted by molar-refractivity contribution is 5.75. The second-order valence-electron chi connectivity index (χ2n) is 4.42. The van der Waals surface area contributed by atoms with Gasteiger partial charge in [-0.25, -0.2) is 8.78 Å². The van der Waals surface area contributed by atoms with Crippen molar-refractivity contribution in [1.29, 1.82) is 0 Å². The zero-order valence-electron chi connectivity index (χ0n) is 11.0. The van der Waals surface area contributed by atoms with Crippen LogP contribution in [0.25, 0.3) is 0 Å². The van der Waals surface area contributed by atoms with E-state index in [0.29, 0.717) is 6.54 Å². The third-order valence-corrected chi connectivity index (χ3v) is 2.67. The zero-order valence-corrected chi connectivity index (χ0v) is 11.0. The maximum Gasteiger partial charge on any atom is 0.223 e. The van der Waals surface area contributed by atoms with Gasteiger partial charge in [0.1, 0.15) is 11.6 Å². The van der Waals surface area contributed by atoms with E-state index in [9.17, 15) is 18.7 Å². The largest absolute Gasteiger partial charge is 0.387 e.